The third-order valence-electron chi connectivity index (χ3n) is 3.83. The molecule has 0 radical (unpaired) electrons. The average molecular weight is 306 g/mol. The highest BCUT2D eigenvalue weighted by Gasteiger charge is 2.11. The first kappa shape index (κ1) is 13.5. The molecule has 4 rings (SSSR count). The number of nitrogens with zero attached hydrogens (tertiary/aromatic N) is 2. The fourth-order valence-corrected chi connectivity index (χ4v) is 2.66. The van der Waals surface area contributed by atoms with E-state index < -0.39 is 5.97 Å². The van der Waals surface area contributed by atoms with Gasteiger partial charge in [-0.05, 0) is 30.3 Å². The lowest BCUT2D eigenvalue weighted by Crippen LogP contribution is -2.19. The van der Waals surface area contributed by atoms with E-state index in [1.165, 1.54) is 0 Å². The van der Waals surface area contributed by atoms with Gasteiger partial charge in [0.1, 0.15) is 11.7 Å². The standard InChI is InChI=1S/C17H14N4O2/c22-17(23)11-3-1-10(2-4-11)16-20-13-6-5-12(9-14(13)21-16)15-18-7-8-19-15/h1-6,9H,7-8H2,(H,18,19)(H,20,21)(H,22,23). The molecule has 23 heavy (non-hydrogen) atoms. The summed E-state index contributed by atoms with van der Waals surface area (Å²) in [6, 6.07) is 12.6. The summed E-state index contributed by atoms with van der Waals surface area (Å²) in [5.41, 5.74) is 3.94. The molecule has 1 aliphatic heterocycles. The van der Waals surface area contributed by atoms with E-state index in [1.54, 1.807) is 24.3 Å². The monoisotopic (exact) mass is 306 g/mol. The molecule has 1 aromatic heterocycles. The van der Waals surface area contributed by atoms with Crippen molar-refractivity contribution >= 4 is 22.8 Å². The molecule has 0 aliphatic carbocycles. The summed E-state index contributed by atoms with van der Waals surface area (Å²) < 4.78 is 0. The van der Waals surface area contributed by atoms with Gasteiger partial charge in [-0.3, -0.25) is 4.99 Å². The van der Waals surface area contributed by atoms with Gasteiger partial charge in [-0.25, -0.2) is 9.78 Å². The van der Waals surface area contributed by atoms with Gasteiger partial charge in [-0.1, -0.05) is 12.1 Å². The van der Waals surface area contributed by atoms with Crippen LogP contribution in [-0.2, 0) is 0 Å². The molecule has 3 N–H and O–H groups in total. The molecule has 0 spiro atoms. The van der Waals surface area contributed by atoms with Gasteiger partial charge in [0, 0.05) is 17.7 Å². The summed E-state index contributed by atoms with van der Waals surface area (Å²) in [5.74, 6) is 0.694. The lowest BCUT2D eigenvalue weighted by atomic mass is 10.1. The van der Waals surface area contributed by atoms with Crippen LogP contribution in [0, 0.1) is 0 Å². The number of nitrogens with one attached hydrogen (secondary N) is 2. The topological polar surface area (TPSA) is 90.4 Å². The van der Waals surface area contributed by atoms with Gasteiger partial charge in [0.2, 0.25) is 0 Å². The van der Waals surface area contributed by atoms with Crippen LogP contribution in [0.5, 0.6) is 0 Å². The largest absolute Gasteiger partial charge is 0.478 e. The van der Waals surface area contributed by atoms with E-state index in [9.17, 15) is 4.79 Å². The Bertz CT molecular complexity index is 925. The Kier molecular flexibility index (Phi) is 3.08. The molecule has 0 saturated carbocycles. The van der Waals surface area contributed by atoms with Crippen LogP contribution in [0.15, 0.2) is 47.5 Å². The smallest absolute Gasteiger partial charge is 0.335 e. The minimum Gasteiger partial charge on any atom is -0.478 e. The maximum atomic E-state index is 10.9. The molecular formula is C17H14N4O2. The van der Waals surface area contributed by atoms with Crippen molar-refractivity contribution in [1.82, 2.24) is 15.3 Å². The van der Waals surface area contributed by atoms with Crippen LogP contribution in [0.4, 0.5) is 0 Å². The SMILES string of the molecule is O=C(O)c1ccc(-c2nc3ccc(C4=NCCN4)cc3[nH]2)cc1. The van der Waals surface area contributed by atoms with E-state index >= 15 is 0 Å². The van der Waals surface area contributed by atoms with Crippen molar-refractivity contribution in [2.45, 2.75) is 0 Å². The van der Waals surface area contributed by atoms with Gasteiger partial charge >= 0.3 is 5.97 Å². The second-order valence-corrected chi connectivity index (χ2v) is 5.36. The van der Waals surface area contributed by atoms with Crippen LogP contribution in [-0.4, -0.2) is 40.0 Å². The van der Waals surface area contributed by atoms with Gasteiger partial charge in [0.15, 0.2) is 0 Å². The second-order valence-electron chi connectivity index (χ2n) is 5.36. The quantitative estimate of drug-likeness (QED) is 0.692. The maximum absolute atomic E-state index is 10.9. The van der Waals surface area contributed by atoms with Crippen molar-refractivity contribution < 1.29 is 9.90 Å². The molecule has 114 valence electrons. The zero-order valence-corrected chi connectivity index (χ0v) is 12.2. The number of benzene rings is 2. The van der Waals surface area contributed by atoms with Crippen LogP contribution in [0.1, 0.15) is 15.9 Å². The van der Waals surface area contributed by atoms with Gasteiger partial charge in [-0.2, -0.15) is 0 Å². The molecule has 6 nitrogen and oxygen atoms in total. The molecule has 2 aromatic carbocycles. The first-order chi connectivity index (χ1) is 11.2. The number of aromatic nitrogens is 2. The van der Waals surface area contributed by atoms with Crippen LogP contribution in [0.3, 0.4) is 0 Å². The number of aromatic carboxylic acids is 1. The van der Waals surface area contributed by atoms with Crippen molar-refractivity contribution in [3.63, 3.8) is 0 Å². The highest BCUT2D eigenvalue weighted by molar-refractivity contribution is 6.02. The first-order valence-electron chi connectivity index (χ1n) is 7.33. The summed E-state index contributed by atoms with van der Waals surface area (Å²) in [5, 5.41) is 12.2. The second kappa shape index (κ2) is 5.24. The number of fused-ring (bicyclic) bond motifs is 1. The Morgan fingerprint density at radius 2 is 1.87 bits per heavy atom. The molecule has 2 heterocycles. The number of hydrogen-bond donors (Lipinski definition) is 3. The number of carboxylic acid groups (broad SMARTS) is 1. The third kappa shape index (κ3) is 2.44. The third-order valence-corrected chi connectivity index (χ3v) is 3.83. The fourth-order valence-electron chi connectivity index (χ4n) is 2.66. The normalized spacial score (nSPS) is 13.8. The molecular weight excluding hydrogens is 292 g/mol. The van der Waals surface area contributed by atoms with Crippen LogP contribution in [0.25, 0.3) is 22.4 Å². The summed E-state index contributed by atoms with van der Waals surface area (Å²) in [4.78, 5) is 23.2. The lowest BCUT2D eigenvalue weighted by Gasteiger charge is -2.01. The minimum atomic E-state index is -0.935. The predicted molar refractivity (Wildman–Crippen MR) is 87.9 cm³/mol. The Morgan fingerprint density at radius 1 is 1.09 bits per heavy atom. The van der Waals surface area contributed by atoms with Crippen molar-refractivity contribution in [2.24, 2.45) is 4.99 Å². The number of aliphatic imine (C=N–C) groups is 1. The molecule has 0 bridgehead atoms. The van der Waals surface area contributed by atoms with Gasteiger partial charge in [0.25, 0.3) is 0 Å². The molecule has 0 fully saturated rings. The Morgan fingerprint density at radius 3 is 2.57 bits per heavy atom. The summed E-state index contributed by atoms with van der Waals surface area (Å²) in [6.45, 7) is 1.68. The zero-order valence-electron chi connectivity index (χ0n) is 12.2. The van der Waals surface area contributed by atoms with E-state index in [2.05, 4.69) is 20.3 Å². The zero-order chi connectivity index (χ0) is 15.8. The number of aromatic amines is 1. The van der Waals surface area contributed by atoms with Crippen LogP contribution in [0.2, 0.25) is 0 Å². The maximum Gasteiger partial charge on any atom is 0.335 e. The average Bonchev–Trinajstić information content (AvgIpc) is 3.23. The molecule has 3 aromatic rings. The van der Waals surface area contributed by atoms with Crippen LogP contribution < -0.4 is 5.32 Å². The molecule has 1 aliphatic rings. The Balaban J connectivity index is 1.72. The van der Waals surface area contributed by atoms with Crippen molar-refractivity contribution in [2.75, 3.05) is 13.1 Å². The van der Waals surface area contributed by atoms with E-state index in [1.807, 2.05) is 18.2 Å². The fraction of sp³-hybridized carbons (Fsp3) is 0.118. The lowest BCUT2D eigenvalue weighted by molar-refractivity contribution is 0.0697. The van der Waals surface area contributed by atoms with Gasteiger partial charge < -0.3 is 15.4 Å². The number of amidine groups is 1. The van der Waals surface area contributed by atoms with E-state index in [0.29, 0.717) is 0 Å². The first-order valence-corrected chi connectivity index (χ1v) is 7.33. The van der Waals surface area contributed by atoms with Crippen molar-refractivity contribution in [1.29, 1.82) is 0 Å². The number of hydrogen-bond acceptors (Lipinski definition) is 4. The molecule has 0 amide bonds. The van der Waals surface area contributed by atoms with Gasteiger partial charge in [0.05, 0.1) is 23.1 Å². The molecule has 0 atom stereocenters. The van der Waals surface area contributed by atoms with Crippen molar-refractivity contribution in [3.05, 3.63) is 53.6 Å². The van der Waals surface area contributed by atoms with E-state index in [0.717, 1.165) is 46.9 Å². The van der Waals surface area contributed by atoms with Crippen molar-refractivity contribution in [3.8, 4) is 11.4 Å². The summed E-state index contributed by atoms with van der Waals surface area (Å²) >= 11 is 0. The number of imidazole rings is 1. The Labute approximate surface area is 131 Å². The Hall–Kier alpha value is -3.15. The number of carbonyl (C=O) groups is 1. The molecule has 6 heteroatoms. The van der Waals surface area contributed by atoms with Gasteiger partial charge in [-0.15, -0.1) is 0 Å². The number of carboxylic acids is 1. The highest BCUT2D eigenvalue weighted by atomic mass is 16.4. The minimum absolute atomic E-state index is 0.262. The number of H-pyrrole nitrogens is 1. The highest BCUT2D eigenvalue weighted by Crippen LogP contribution is 2.22. The number of rotatable bonds is 3. The molecule has 0 unspecified atom stereocenters. The van der Waals surface area contributed by atoms with Crippen LogP contribution >= 0.6 is 0 Å². The molecule has 0 saturated heterocycles. The summed E-state index contributed by atoms with van der Waals surface area (Å²) in [7, 11) is 0. The van der Waals surface area contributed by atoms with E-state index in [4.69, 9.17) is 5.11 Å². The van der Waals surface area contributed by atoms with E-state index in [-0.39, 0.29) is 5.56 Å². The summed E-state index contributed by atoms with van der Waals surface area (Å²) in [6.07, 6.45) is 0. The predicted octanol–water partition coefficient (Wildman–Crippen LogP) is 2.28.